The average Bonchev–Trinajstić information content (AvgIpc) is 1.19. The zero-order chi connectivity index (χ0) is 6.41. The predicted molar refractivity (Wildman–Crippen MR) is 28.4 cm³/mol. The average molecular weight is 124 g/mol. The van der Waals surface area contributed by atoms with E-state index in [-0.39, 0.29) is 18.9 Å². The Balaban J connectivity index is 0. The van der Waals surface area contributed by atoms with Crippen LogP contribution in [0.4, 0.5) is 0 Å². The van der Waals surface area contributed by atoms with Gasteiger partial charge in [0.15, 0.2) is 0 Å². The molecule has 0 saturated carbocycles. The molecule has 1 fully saturated rings. The molecule has 4 heteroatoms. The first-order chi connectivity index (χ1) is 3.73. The molecule has 9 heavy (non-hydrogen) atoms. The molecule has 0 radical (unpaired) electrons. The van der Waals surface area contributed by atoms with Crippen molar-refractivity contribution in [3.8, 4) is 0 Å². The van der Waals surface area contributed by atoms with Gasteiger partial charge in [-0.2, -0.15) is 0 Å². The quantitative estimate of drug-likeness (QED) is 0.282. The molecule has 0 atom stereocenters. The Morgan fingerprint density at radius 3 is 1.78 bits per heavy atom. The molecule has 1 N–H and O–H groups in total. The number of hydrogen-bond acceptors (Lipinski definition) is 2. The Labute approximate surface area is 66.6 Å². The summed E-state index contributed by atoms with van der Waals surface area (Å²) < 4.78 is 4.67. The van der Waals surface area contributed by atoms with Gasteiger partial charge < -0.3 is 9.84 Å². The predicted octanol–water partition coefficient (Wildman–Crippen LogP) is -2.68. The fraction of sp³-hybridized carbons (Fsp3) is 0.600. The summed E-state index contributed by atoms with van der Waals surface area (Å²) in [6.07, 6.45) is 2.08. The molecular weight excluding hydrogens is 115 g/mol. The van der Waals surface area contributed by atoms with Crippen molar-refractivity contribution in [1.82, 2.24) is 0 Å². The molecule has 0 aromatic carbocycles. The van der Waals surface area contributed by atoms with Gasteiger partial charge in [-0.3, -0.25) is 11.2 Å². The van der Waals surface area contributed by atoms with Gasteiger partial charge >= 0.3 is 18.9 Å². The standard InChI is InChI=1S/C3H5O.C2H4O2.Li/c1-2-4-3-1;1-2(3)4;/h1H,2-3H2;1H3,(H,3,4);/q-1;;+1. The summed E-state index contributed by atoms with van der Waals surface area (Å²) in [5.41, 5.74) is 0. The van der Waals surface area contributed by atoms with Crippen LogP contribution in [0, 0.1) is 6.42 Å². The summed E-state index contributed by atoms with van der Waals surface area (Å²) in [4.78, 5) is 9.00. The Kier molecular flexibility index (Phi) is 10.5. The molecule has 0 unspecified atom stereocenters. The summed E-state index contributed by atoms with van der Waals surface area (Å²) >= 11 is 0. The Bertz CT molecular complexity index is 62.6. The van der Waals surface area contributed by atoms with E-state index in [9.17, 15) is 0 Å². The van der Waals surface area contributed by atoms with Crippen molar-refractivity contribution in [1.29, 1.82) is 0 Å². The third-order valence-corrected chi connectivity index (χ3v) is 0.471. The van der Waals surface area contributed by atoms with Crippen molar-refractivity contribution in [2.45, 2.75) is 6.92 Å². The second-order valence-corrected chi connectivity index (χ2v) is 1.35. The number of carbonyl (C=O) groups is 1. The van der Waals surface area contributed by atoms with Crippen LogP contribution in [0.1, 0.15) is 6.92 Å². The van der Waals surface area contributed by atoms with E-state index in [1.165, 1.54) is 0 Å². The van der Waals surface area contributed by atoms with Gasteiger partial charge in [0, 0.05) is 6.92 Å². The van der Waals surface area contributed by atoms with E-state index in [0.29, 0.717) is 0 Å². The van der Waals surface area contributed by atoms with Gasteiger partial charge in [-0.1, -0.05) is 13.2 Å². The van der Waals surface area contributed by atoms with Gasteiger partial charge in [0.25, 0.3) is 5.97 Å². The van der Waals surface area contributed by atoms with Crippen LogP contribution in [0.25, 0.3) is 0 Å². The first-order valence-electron chi connectivity index (χ1n) is 2.32. The van der Waals surface area contributed by atoms with Gasteiger partial charge in [-0.15, -0.1) is 0 Å². The first-order valence-corrected chi connectivity index (χ1v) is 2.32. The van der Waals surface area contributed by atoms with Gasteiger partial charge in [0.2, 0.25) is 0 Å². The molecule has 0 bridgehead atoms. The fourth-order valence-electron chi connectivity index (χ4n) is 0.118. The minimum atomic E-state index is -0.833. The van der Waals surface area contributed by atoms with Crippen molar-refractivity contribution in [3.05, 3.63) is 6.42 Å². The smallest absolute Gasteiger partial charge is 0.481 e. The molecule has 0 amide bonds. The van der Waals surface area contributed by atoms with Crippen LogP contribution < -0.4 is 18.9 Å². The maximum absolute atomic E-state index is 9.00. The number of hydrogen-bond donors (Lipinski definition) is 1. The van der Waals surface area contributed by atoms with E-state index < -0.39 is 5.97 Å². The molecule has 0 aliphatic carbocycles. The molecule has 1 aliphatic rings. The molecular formula is C5H9LiO3. The zero-order valence-corrected chi connectivity index (χ0v) is 5.76. The van der Waals surface area contributed by atoms with Crippen LogP contribution in [-0.2, 0) is 9.53 Å². The topological polar surface area (TPSA) is 46.5 Å². The van der Waals surface area contributed by atoms with E-state index >= 15 is 0 Å². The normalized spacial score (nSPS) is 13.4. The van der Waals surface area contributed by atoms with Gasteiger partial charge in [0.1, 0.15) is 0 Å². The van der Waals surface area contributed by atoms with Gasteiger partial charge in [-0.25, -0.2) is 0 Å². The number of ether oxygens (including phenoxy) is 1. The summed E-state index contributed by atoms with van der Waals surface area (Å²) in [7, 11) is 0. The van der Waals surface area contributed by atoms with E-state index in [1.54, 1.807) is 0 Å². The third kappa shape index (κ3) is 18.0. The molecule has 1 aliphatic heterocycles. The fourth-order valence-corrected chi connectivity index (χ4v) is 0.118. The van der Waals surface area contributed by atoms with Gasteiger partial charge in [-0.05, 0) is 0 Å². The molecule has 0 spiro atoms. The second-order valence-electron chi connectivity index (χ2n) is 1.35. The maximum Gasteiger partial charge on any atom is 1.00 e. The van der Waals surface area contributed by atoms with Crippen molar-refractivity contribution in [2.75, 3.05) is 13.2 Å². The van der Waals surface area contributed by atoms with Crippen LogP contribution in [0.5, 0.6) is 0 Å². The largest absolute Gasteiger partial charge is 1.00 e. The van der Waals surface area contributed by atoms with Gasteiger partial charge in [0.05, 0.1) is 0 Å². The van der Waals surface area contributed by atoms with E-state index in [4.69, 9.17) is 9.90 Å². The SMILES string of the molecule is CC(=O)O.[CH-]1COC1.[Li+]. The molecule has 0 aromatic rings. The van der Waals surface area contributed by atoms with E-state index in [1.807, 2.05) is 0 Å². The Morgan fingerprint density at radius 2 is 1.78 bits per heavy atom. The minimum Gasteiger partial charge on any atom is -0.481 e. The second kappa shape index (κ2) is 8.03. The first kappa shape index (κ1) is 11.8. The minimum absolute atomic E-state index is 0. The van der Waals surface area contributed by atoms with Crippen LogP contribution in [0.3, 0.4) is 0 Å². The monoisotopic (exact) mass is 124 g/mol. The van der Waals surface area contributed by atoms with E-state index in [2.05, 4.69) is 11.2 Å². The summed E-state index contributed by atoms with van der Waals surface area (Å²) in [6.45, 7) is 2.83. The summed E-state index contributed by atoms with van der Waals surface area (Å²) in [5.74, 6) is -0.833. The number of aliphatic carboxylic acids is 1. The zero-order valence-electron chi connectivity index (χ0n) is 5.76. The van der Waals surface area contributed by atoms with Crippen LogP contribution in [0.2, 0.25) is 0 Å². The Morgan fingerprint density at radius 1 is 1.67 bits per heavy atom. The summed E-state index contributed by atoms with van der Waals surface area (Å²) in [5, 5.41) is 7.42. The molecule has 1 rings (SSSR count). The number of carboxylic acid groups (broad SMARTS) is 1. The molecule has 1 saturated heterocycles. The number of carboxylic acids is 1. The molecule has 1 heterocycles. The molecule has 0 aromatic heterocycles. The molecule has 3 nitrogen and oxygen atoms in total. The van der Waals surface area contributed by atoms with E-state index in [0.717, 1.165) is 20.1 Å². The van der Waals surface area contributed by atoms with Crippen LogP contribution in [-0.4, -0.2) is 24.3 Å². The number of rotatable bonds is 0. The van der Waals surface area contributed by atoms with Crippen molar-refractivity contribution < 1.29 is 33.5 Å². The van der Waals surface area contributed by atoms with Crippen LogP contribution in [0.15, 0.2) is 0 Å². The van der Waals surface area contributed by atoms with Crippen molar-refractivity contribution in [3.63, 3.8) is 0 Å². The molecule has 48 valence electrons. The van der Waals surface area contributed by atoms with Crippen LogP contribution >= 0.6 is 0 Å². The maximum atomic E-state index is 9.00. The third-order valence-electron chi connectivity index (χ3n) is 0.471. The van der Waals surface area contributed by atoms with Crippen molar-refractivity contribution >= 4 is 5.97 Å². The Hall–Kier alpha value is 0.0274. The van der Waals surface area contributed by atoms with Crippen molar-refractivity contribution in [2.24, 2.45) is 0 Å². The summed E-state index contributed by atoms with van der Waals surface area (Å²) in [6, 6.07) is 0.